The Morgan fingerprint density at radius 3 is 1.32 bits per heavy atom. The van der Waals surface area contributed by atoms with E-state index in [2.05, 4.69) is 11.7 Å². The van der Waals surface area contributed by atoms with Gasteiger partial charge in [-0.2, -0.15) is 0 Å². The molecule has 0 spiro atoms. The number of rotatable bonds is 22. The molecule has 1 aromatic carbocycles. The third kappa shape index (κ3) is 14.1. The van der Waals surface area contributed by atoms with Crippen LogP contribution in [0, 0.1) is 29.1 Å². The number of halogens is 5. The van der Waals surface area contributed by atoms with Crippen molar-refractivity contribution in [3.8, 4) is 0 Å². The van der Waals surface area contributed by atoms with Crippen molar-refractivity contribution < 1.29 is 41.0 Å². The summed E-state index contributed by atoms with van der Waals surface area (Å²) in [7, 11) is 0. The van der Waals surface area contributed by atoms with Crippen molar-refractivity contribution >= 4 is 11.9 Å². The van der Waals surface area contributed by atoms with Crippen LogP contribution in [0.2, 0.25) is 0 Å². The minimum absolute atomic E-state index is 0.0453. The first kappa shape index (κ1) is 33.8. The fourth-order valence-corrected chi connectivity index (χ4v) is 4.11. The molecule has 0 radical (unpaired) electrons. The highest BCUT2D eigenvalue weighted by Gasteiger charge is 2.26. The number of esters is 2. The number of unbranched alkanes of at least 4 members (excludes halogenated alkanes) is 14. The first-order valence-corrected chi connectivity index (χ1v) is 14.1. The van der Waals surface area contributed by atoms with Gasteiger partial charge < -0.3 is 9.47 Å². The molecule has 0 fully saturated rings. The van der Waals surface area contributed by atoms with Gasteiger partial charge in [-0.05, 0) is 12.8 Å². The summed E-state index contributed by atoms with van der Waals surface area (Å²) in [6.45, 7) is 1.44. The largest absolute Gasteiger partial charge is 0.466 e. The molecule has 0 amide bonds. The molecular formula is C29H43F5O4. The maximum atomic E-state index is 13.6. The molecule has 0 aliphatic rings. The summed E-state index contributed by atoms with van der Waals surface area (Å²) >= 11 is 0. The average Bonchev–Trinajstić information content (AvgIpc) is 2.90. The normalized spacial score (nSPS) is 11.1. The van der Waals surface area contributed by atoms with Crippen molar-refractivity contribution in [3.63, 3.8) is 0 Å². The Bertz CT molecular complexity index is 803. The van der Waals surface area contributed by atoms with Gasteiger partial charge >= 0.3 is 11.9 Å². The lowest BCUT2D eigenvalue weighted by atomic mass is 10.0. The highest BCUT2D eigenvalue weighted by atomic mass is 19.2. The van der Waals surface area contributed by atoms with Crippen molar-refractivity contribution in [1.29, 1.82) is 0 Å². The lowest BCUT2D eigenvalue weighted by Crippen LogP contribution is -2.12. The second-order valence-corrected chi connectivity index (χ2v) is 9.73. The lowest BCUT2D eigenvalue weighted by Gasteiger charge is -2.09. The molecule has 4 nitrogen and oxygen atoms in total. The van der Waals surface area contributed by atoms with Crippen molar-refractivity contribution in [3.05, 3.63) is 34.6 Å². The number of benzene rings is 1. The molecule has 0 saturated heterocycles. The van der Waals surface area contributed by atoms with E-state index in [0.717, 1.165) is 19.3 Å². The van der Waals surface area contributed by atoms with Gasteiger partial charge in [0.1, 0.15) is 6.61 Å². The molecule has 1 rings (SSSR count). The third-order valence-electron chi connectivity index (χ3n) is 6.45. The van der Waals surface area contributed by atoms with E-state index >= 15 is 0 Å². The third-order valence-corrected chi connectivity index (χ3v) is 6.45. The molecule has 0 aliphatic carbocycles. The van der Waals surface area contributed by atoms with Gasteiger partial charge in [-0.15, -0.1) is 0 Å². The Hall–Kier alpha value is -2.19. The van der Waals surface area contributed by atoms with Gasteiger partial charge in [0.05, 0.1) is 12.2 Å². The maximum Gasteiger partial charge on any atom is 0.306 e. The zero-order chi connectivity index (χ0) is 28.2. The Balaban J connectivity index is 1.98. The van der Waals surface area contributed by atoms with Crippen molar-refractivity contribution in [2.24, 2.45) is 0 Å². The highest BCUT2D eigenvalue weighted by Crippen LogP contribution is 2.23. The predicted octanol–water partition coefficient (Wildman–Crippen LogP) is 9.01. The Labute approximate surface area is 223 Å². The first-order valence-electron chi connectivity index (χ1n) is 14.1. The SMILES string of the molecule is CCCCCCCCCCCCCCCCCOC(=O)CCCC(=O)OCc1c(F)c(F)c(F)c(F)c1F. The van der Waals surface area contributed by atoms with Gasteiger partial charge in [0, 0.05) is 12.8 Å². The first-order chi connectivity index (χ1) is 18.3. The topological polar surface area (TPSA) is 52.6 Å². The number of carbonyl (C=O) groups excluding carboxylic acids is 2. The van der Waals surface area contributed by atoms with Crippen LogP contribution in [-0.4, -0.2) is 18.5 Å². The van der Waals surface area contributed by atoms with E-state index in [4.69, 9.17) is 4.74 Å². The molecule has 1 aromatic rings. The summed E-state index contributed by atoms with van der Waals surface area (Å²) in [5.74, 6) is -12.0. The number of ether oxygens (including phenoxy) is 2. The summed E-state index contributed by atoms with van der Waals surface area (Å²) in [6, 6.07) is 0. The zero-order valence-electron chi connectivity index (χ0n) is 22.7. The maximum absolute atomic E-state index is 13.6. The van der Waals surface area contributed by atoms with E-state index in [1.165, 1.54) is 77.0 Å². The van der Waals surface area contributed by atoms with Gasteiger partial charge in [0.15, 0.2) is 23.3 Å². The molecule has 38 heavy (non-hydrogen) atoms. The summed E-state index contributed by atoms with van der Waals surface area (Å²) in [5.41, 5.74) is -1.22. The quantitative estimate of drug-likeness (QED) is 0.0475. The fraction of sp³-hybridized carbons (Fsp3) is 0.724. The number of hydrogen-bond donors (Lipinski definition) is 0. The minimum Gasteiger partial charge on any atom is -0.466 e. The Kier molecular flexibility index (Phi) is 18.5. The van der Waals surface area contributed by atoms with Crippen molar-refractivity contribution in [1.82, 2.24) is 0 Å². The Morgan fingerprint density at radius 1 is 0.500 bits per heavy atom. The number of hydrogen-bond acceptors (Lipinski definition) is 4. The van der Waals surface area contributed by atoms with Crippen molar-refractivity contribution in [2.75, 3.05) is 6.61 Å². The van der Waals surface area contributed by atoms with Crippen LogP contribution in [0.3, 0.4) is 0 Å². The van der Waals surface area contributed by atoms with Crippen molar-refractivity contribution in [2.45, 2.75) is 129 Å². The van der Waals surface area contributed by atoms with Gasteiger partial charge in [-0.1, -0.05) is 96.8 Å². The molecule has 0 saturated carbocycles. The lowest BCUT2D eigenvalue weighted by molar-refractivity contribution is -0.146. The van der Waals surface area contributed by atoms with E-state index in [1.54, 1.807) is 0 Å². The average molecular weight is 551 g/mol. The Morgan fingerprint density at radius 2 is 0.868 bits per heavy atom. The van der Waals surface area contributed by atoms with Crippen LogP contribution in [0.1, 0.15) is 128 Å². The zero-order valence-corrected chi connectivity index (χ0v) is 22.7. The van der Waals surface area contributed by atoms with Crippen LogP contribution < -0.4 is 0 Å². The summed E-state index contributed by atoms with van der Waals surface area (Å²) in [6.07, 6.45) is 18.4. The van der Waals surface area contributed by atoms with E-state index in [0.29, 0.717) is 6.61 Å². The second kappa shape index (κ2) is 20.7. The van der Waals surface area contributed by atoms with Crippen LogP contribution >= 0.6 is 0 Å². The highest BCUT2D eigenvalue weighted by molar-refractivity contribution is 5.72. The fourth-order valence-electron chi connectivity index (χ4n) is 4.11. The van der Waals surface area contributed by atoms with Crippen LogP contribution in [0.5, 0.6) is 0 Å². The summed E-state index contributed by atoms with van der Waals surface area (Å²) in [5, 5.41) is 0. The molecule has 0 N–H and O–H groups in total. The molecule has 0 atom stereocenters. The van der Waals surface area contributed by atoms with E-state index in [9.17, 15) is 31.5 Å². The van der Waals surface area contributed by atoms with Crippen LogP contribution in [-0.2, 0) is 25.7 Å². The van der Waals surface area contributed by atoms with Crippen LogP contribution in [0.15, 0.2) is 0 Å². The van der Waals surface area contributed by atoms with Crippen LogP contribution in [0.25, 0.3) is 0 Å². The van der Waals surface area contributed by atoms with Gasteiger partial charge in [-0.25, -0.2) is 22.0 Å². The smallest absolute Gasteiger partial charge is 0.306 e. The van der Waals surface area contributed by atoms with Crippen LogP contribution in [0.4, 0.5) is 22.0 Å². The van der Waals surface area contributed by atoms with Gasteiger partial charge in [0.25, 0.3) is 0 Å². The molecule has 9 heteroatoms. The minimum atomic E-state index is -2.28. The number of carbonyl (C=O) groups is 2. The molecule has 218 valence electrons. The molecule has 0 bridgehead atoms. The molecule has 0 unspecified atom stereocenters. The summed E-state index contributed by atoms with van der Waals surface area (Å²) in [4.78, 5) is 23.4. The molecule has 0 heterocycles. The van der Waals surface area contributed by atoms with Gasteiger partial charge in [-0.3, -0.25) is 9.59 Å². The summed E-state index contributed by atoms with van der Waals surface area (Å²) < 4.78 is 76.2. The molecule has 0 aromatic heterocycles. The van der Waals surface area contributed by atoms with E-state index < -0.39 is 53.2 Å². The second-order valence-electron chi connectivity index (χ2n) is 9.73. The van der Waals surface area contributed by atoms with E-state index in [1.807, 2.05) is 0 Å². The predicted molar refractivity (Wildman–Crippen MR) is 136 cm³/mol. The van der Waals surface area contributed by atoms with E-state index in [-0.39, 0.29) is 19.3 Å². The monoisotopic (exact) mass is 550 g/mol. The molecule has 0 aliphatic heterocycles. The van der Waals surface area contributed by atoms with Gasteiger partial charge in [0.2, 0.25) is 5.82 Å². The standard InChI is InChI=1S/C29H43F5O4/c1-2-3-4-5-6-7-8-9-10-11-12-13-14-15-16-20-37-23(35)18-17-19-24(36)38-21-22-25(30)27(32)29(34)28(33)26(22)31/h2-21H2,1H3. The molecular weight excluding hydrogens is 507 g/mol.